The van der Waals surface area contributed by atoms with Crippen molar-refractivity contribution >= 4 is 52.2 Å². The highest BCUT2D eigenvalue weighted by molar-refractivity contribution is 8.00. The van der Waals surface area contributed by atoms with Crippen LogP contribution < -0.4 is 14.5 Å². The number of rotatable bonds is 3. The average molecular weight is 541 g/mol. The van der Waals surface area contributed by atoms with Gasteiger partial charge in [0.2, 0.25) is 11.8 Å². The normalized spacial score (nSPS) is 31.9. The molecule has 3 fully saturated rings. The fraction of sp³-hybridized carbons (Fsp3) is 0.346. The number of aromatic hydroxyl groups is 1. The van der Waals surface area contributed by atoms with E-state index in [1.807, 2.05) is 12.1 Å². The number of carbonyl (C=O) groups is 2. The van der Waals surface area contributed by atoms with Gasteiger partial charge in [-0.25, -0.2) is 0 Å². The molecule has 2 aliphatic carbocycles. The molecular weight excluding hydrogens is 520 g/mol. The Morgan fingerprint density at radius 1 is 1.06 bits per heavy atom. The van der Waals surface area contributed by atoms with Crippen molar-refractivity contribution in [3.63, 3.8) is 0 Å². The zero-order valence-corrected chi connectivity index (χ0v) is 21.4. The number of hydrogen-bond acceptors (Lipinski definition) is 7. The molecule has 2 bridgehead atoms. The lowest BCUT2D eigenvalue weighted by Crippen LogP contribution is -2.42. The Morgan fingerprint density at radius 2 is 1.78 bits per heavy atom. The molecule has 2 aliphatic heterocycles. The van der Waals surface area contributed by atoms with Crippen molar-refractivity contribution in [1.82, 2.24) is 4.98 Å². The van der Waals surface area contributed by atoms with Gasteiger partial charge in [-0.05, 0) is 66.1 Å². The lowest BCUT2D eigenvalue weighted by molar-refractivity contribution is -0.123. The number of phenolic OH excluding ortho intramolecular Hbond substituents is 1. The quantitative estimate of drug-likeness (QED) is 0.475. The van der Waals surface area contributed by atoms with Gasteiger partial charge in [-0.3, -0.25) is 19.3 Å². The molecule has 184 valence electrons. The number of aromatic nitrogens is 1. The van der Waals surface area contributed by atoms with Gasteiger partial charge in [0, 0.05) is 21.1 Å². The van der Waals surface area contributed by atoms with Gasteiger partial charge in [-0.2, -0.15) is 0 Å². The van der Waals surface area contributed by atoms with Crippen molar-refractivity contribution in [2.24, 2.45) is 29.6 Å². The number of nitrogens with one attached hydrogen (secondary N) is 1. The molecule has 1 aromatic heterocycles. The minimum atomic E-state index is -0.376. The van der Waals surface area contributed by atoms with Crippen LogP contribution in [0.25, 0.3) is 0 Å². The van der Waals surface area contributed by atoms with Gasteiger partial charge in [-0.15, -0.1) is 11.8 Å². The molecule has 7 nitrogen and oxygen atoms in total. The molecule has 2 saturated carbocycles. The van der Waals surface area contributed by atoms with Crippen molar-refractivity contribution in [3.05, 3.63) is 67.6 Å². The van der Waals surface area contributed by atoms with Crippen LogP contribution in [0.5, 0.6) is 11.5 Å². The molecule has 3 aromatic rings. The molecule has 2 aromatic carbocycles. The number of methoxy groups -OCH3 is 1. The average Bonchev–Trinajstić information content (AvgIpc) is 3.59. The van der Waals surface area contributed by atoms with Gasteiger partial charge in [-0.1, -0.05) is 29.0 Å². The molecule has 0 unspecified atom stereocenters. The predicted octanol–water partition coefficient (Wildman–Crippen LogP) is 4.48. The number of fused-ring (bicyclic) bond motifs is 9. The van der Waals surface area contributed by atoms with Crippen LogP contribution in [-0.2, 0) is 9.59 Å². The molecule has 1 saturated heterocycles. The lowest BCUT2D eigenvalue weighted by atomic mass is 9.68. The minimum Gasteiger partial charge on any atom is -0.504 e. The number of phenols is 1. The fourth-order valence-electron chi connectivity index (χ4n) is 7.12. The van der Waals surface area contributed by atoms with Crippen LogP contribution in [0.1, 0.15) is 22.8 Å². The molecule has 7 atom stereocenters. The second-order valence-corrected chi connectivity index (χ2v) is 12.5. The molecule has 36 heavy (non-hydrogen) atoms. The van der Waals surface area contributed by atoms with E-state index in [0.717, 1.165) is 21.9 Å². The van der Waals surface area contributed by atoms with Crippen molar-refractivity contribution in [3.8, 4) is 11.5 Å². The van der Waals surface area contributed by atoms with Crippen LogP contribution in [0.4, 0.5) is 5.69 Å². The summed E-state index contributed by atoms with van der Waals surface area (Å²) in [5.41, 5.74) is 1.49. The number of thioether (sulfide) groups is 1. The number of anilines is 1. The number of nitrogens with zero attached hydrogens (tertiary/aromatic N) is 1. The summed E-state index contributed by atoms with van der Waals surface area (Å²) in [7, 11) is 1.51. The number of ether oxygens (including phenoxy) is 1. The third kappa shape index (κ3) is 2.96. The maximum atomic E-state index is 13.7. The number of hydrogen-bond donors (Lipinski definition) is 2. The Hall–Kier alpha value is -2.75. The van der Waals surface area contributed by atoms with Crippen LogP contribution >= 0.6 is 34.7 Å². The number of H-pyrrole nitrogens is 1. The van der Waals surface area contributed by atoms with Crippen molar-refractivity contribution in [2.75, 3.05) is 12.0 Å². The van der Waals surface area contributed by atoms with Gasteiger partial charge in [0.15, 0.2) is 11.5 Å². The monoisotopic (exact) mass is 540 g/mol. The molecule has 4 aliphatic rings. The van der Waals surface area contributed by atoms with Gasteiger partial charge in [0.1, 0.15) is 0 Å². The second-order valence-electron chi connectivity index (χ2n) is 9.88. The van der Waals surface area contributed by atoms with E-state index >= 15 is 0 Å². The second kappa shape index (κ2) is 7.87. The molecule has 2 amide bonds. The maximum Gasteiger partial charge on any atom is 0.305 e. The first-order chi connectivity index (χ1) is 17.4. The fourth-order valence-corrected chi connectivity index (χ4v) is 10.1. The Morgan fingerprint density at radius 3 is 2.50 bits per heavy atom. The highest BCUT2D eigenvalue weighted by atomic mass is 35.5. The van der Waals surface area contributed by atoms with E-state index in [2.05, 4.69) is 4.98 Å². The van der Waals surface area contributed by atoms with Crippen molar-refractivity contribution in [2.45, 2.75) is 22.6 Å². The molecule has 2 N–H and O–H groups in total. The third-order valence-electron chi connectivity index (χ3n) is 8.37. The summed E-state index contributed by atoms with van der Waals surface area (Å²) >= 11 is 8.89. The van der Waals surface area contributed by atoms with E-state index in [1.165, 1.54) is 23.3 Å². The smallest absolute Gasteiger partial charge is 0.305 e. The summed E-state index contributed by atoms with van der Waals surface area (Å²) < 4.78 is 5.38. The van der Waals surface area contributed by atoms with Gasteiger partial charge < -0.3 is 14.8 Å². The molecule has 0 radical (unpaired) electrons. The van der Waals surface area contributed by atoms with Crippen LogP contribution in [0, 0.1) is 29.6 Å². The number of thiazole rings is 1. The van der Waals surface area contributed by atoms with E-state index < -0.39 is 0 Å². The summed E-state index contributed by atoms with van der Waals surface area (Å²) in [5.74, 6) is -0.576. The molecule has 7 rings (SSSR count). The van der Waals surface area contributed by atoms with Crippen molar-refractivity contribution in [1.29, 1.82) is 0 Å². The van der Waals surface area contributed by atoms with Gasteiger partial charge in [0.05, 0.1) is 29.7 Å². The topological polar surface area (TPSA) is 99.7 Å². The Bertz CT molecular complexity index is 1480. The van der Waals surface area contributed by atoms with E-state index in [1.54, 1.807) is 42.1 Å². The summed E-state index contributed by atoms with van der Waals surface area (Å²) in [6.07, 6.45) is 0.814. The molecule has 10 heteroatoms. The van der Waals surface area contributed by atoms with E-state index in [0.29, 0.717) is 16.5 Å². The predicted molar refractivity (Wildman–Crippen MR) is 137 cm³/mol. The standard InChI is InChI=1S/C26H21ClN2O5S2/c1-34-16-8-10(2-7-15(16)30)17-18-13-9-14(21(18)35-23-22(17)36-26(33)28-23)20-19(13)24(31)29(25(20)32)12-5-3-11(27)4-6-12/h2-8,13-14,17-21,30H,9H2,1H3,(H,28,33)/t13-,14+,17+,18+,19+,20+,21+/m0/s1. The van der Waals surface area contributed by atoms with E-state index in [4.69, 9.17) is 16.3 Å². The summed E-state index contributed by atoms with van der Waals surface area (Å²) in [5, 5.41) is 11.7. The SMILES string of the molecule is COc1cc([C@H]2c3sc(=O)[nH]c3S[C@@H]3[C@@H]4C[C@H]([C@H]5C(=O)N(c6ccc(Cl)cc6)C(=O)[C@H]45)[C@H]23)ccc1O. The number of aromatic amines is 1. The Kier molecular flexibility index (Phi) is 4.91. The van der Waals surface area contributed by atoms with Gasteiger partial charge in [0.25, 0.3) is 0 Å². The molecule has 0 spiro atoms. The van der Waals surface area contributed by atoms with E-state index in [9.17, 15) is 19.5 Å². The highest BCUT2D eigenvalue weighted by Gasteiger charge is 2.69. The lowest BCUT2D eigenvalue weighted by Gasteiger charge is -2.43. The van der Waals surface area contributed by atoms with Crippen LogP contribution in [0.2, 0.25) is 5.02 Å². The maximum absolute atomic E-state index is 13.7. The molecular formula is C26H21ClN2O5S2. The highest BCUT2D eigenvalue weighted by Crippen LogP contribution is 2.68. The first-order valence-corrected chi connectivity index (χ1v) is 13.8. The minimum absolute atomic E-state index is 0.0152. The largest absolute Gasteiger partial charge is 0.504 e. The Labute approximate surface area is 219 Å². The third-order valence-corrected chi connectivity index (χ3v) is 11.2. The van der Waals surface area contributed by atoms with E-state index in [-0.39, 0.29) is 63.2 Å². The molecule has 3 heterocycles. The van der Waals surface area contributed by atoms with Crippen molar-refractivity contribution < 1.29 is 19.4 Å². The number of halogens is 1. The summed E-state index contributed by atoms with van der Waals surface area (Å²) in [6.45, 7) is 0. The van der Waals surface area contributed by atoms with Crippen LogP contribution in [0.15, 0.2) is 52.3 Å². The van der Waals surface area contributed by atoms with Crippen LogP contribution in [-0.4, -0.2) is 34.3 Å². The zero-order chi connectivity index (χ0) is 24.9. The summed E-state index contributed by atoms with van der Waals surface area (Å²) in [4.78, 5) is 45.0. The Balaban J connectivity index is 1.33. The zero-order valence-electron chi connectivity index (χ0n) is 19.0. The number of imide groups is 1. The number of carbonyl (C=O) groups excluding carboxylic acids is 2. The van der Waals surface area contributed by atoms with Crippen LogP contribution in [0.3, 0.4) is 0 Å². The first kappa shape index (κ1) is 22.4. The number of amides is 2. The first-order valence-electron chi connectivity index (χ1n) is 11.8. The summed E-state index contributed by atoms with van der Waals surface area (Å²) in [6, 6.07) is 12.1. The number of benzene rings is 2. The van der Waals surface area contributed by atoms with Gasteiger partial charge >= 0.3 is 4.87 Å².